The number of rotatable bonds is 4. The van der Waals surface area contributed by atoms with Crippen molar-refractivity contribution in [1.29, 1.82) is 0 Å². The van der Waals surface area contributed by atoms with E-state index in [1.807, 2.05) is 6.07 Å². The molecular formula is C18H23N7O2. The van der Waals surface area contributed by atoms with Crippen molar-refractivity contribution in [2.24, 2.45) is 5.73 Å². The SMILES string of the molecule is NC(=O)c1cccnc1N1CCN(c2nccc(N3CCC(O)C3)n2)CC1. The van der Waals surface area contributed by atoms with Crippen LogP contribution in [0.15, 0.2) is 30.6 Å². The Kier molecular flexibility index (Phi) is 4.76. The molecular weight excluding hydrogens is 346 g/mol. The van der Waals surface area contributed by atoms with Gasteiger partial charge in [0.15, 0.2) is 0 Å². The predicted octanol–water partition coefficient (Wildman–Crippen LogP) is -0.132. The molecule has 3 N–H and O–H groups in total. The van der Waals surface area contributed by atoms with Crippen molar-refractivity contribution in [3.05, 3.63) is 36.2 Å². The molecule has 2 fully saturated rings. The van der Waals surface area contributed by atoms with Crippen LogP contribution < -0.4 is 20.4 Å². The van der Waals surface area contributed by atoms with Crippen LogP contribution in [0.1, 0.15) is 16.8 Å². The Labute approximate surface area is 157 Å². The molecule has 0 bridgehead atoms. The van der Waals surface area contributed by atoms with Crippen molar-refractivity contribution in [1.82, 2.24) is 15.0 Å². The van der Waals surface area contributed by atoms with Gasteiger partial charge < -0.3 is 25.5 Å². The first-order valence-electron chi connectivity index (χ1n) is 9.12. The van der Waals surface area contributed by atoms with E-state index in [-0.39, 0.29) is 6.10 Å². The van der Waals surface area contributed by atoms with E-state index in [4.69, 9.17) is 5.73 Å². The lowest BCUT2D eigenvalue weighted by Gasteiger charge is -2.36. The average Bonchev–Trinajstić information content (AvgIpc) is 3.15. The maximum Gasteiger partial charge on any atom is 0.252 e. The second-order valence-corrected chi connectivity index (χ2v) is 6.82. The summed E-state index contributed by atoms with van der Waals surface area (Å²) in [7, 11) is 0. The topological polar surface area (TPSA) is 112 Å². The number of β-amino-alcohol motifs (C(OH)–C–C–N with tert-alkyl or cyclic N) is 1. The molecule has 0 aliphatic carbocycles. The standard InChI is InChI=1S/C18H23N7O2/c19-16(27)14-2-1-5-20-17(14)23-8-10-24(11-9-23)18-21-6-3-15(22-18)25-7-4-13(26)12-25/h1-3,5-6,13,26H,4,7-12H2,(H2,19,27). The third-order valence-electron chi connectivity index (χ3n) is 5.03. The summed E-state index contributed by atoms with van der Waals surface area (Å²) in [6.45, 7) is 4.27. The lowest BCUT2D eigenvalue weighted by molar-refractivity contribution is 0.100. The Bertz CT molecular complexity index is 823. The van der Waals surface area contributed by atoms with Crippen molar-refractivity contribution in [3.63, 3.8) is 0 Å². The molecule has 27 heavy (non-hydrogen) atoms. The number of nitrogens with two attached hydrogens (primary N) is 1. The number of carbonyl (C=O) groups excluding carboxylic acids is 1. The van der Waals surface area contributed by atoms with E-state index in [1.165, 1.54) is 0 Å². The number of amides is 1. The van der Waals surface area contributed by atoms with Crippen molar-refractivity contribution in [2.75, 3.05) is 54.0 Å². The summed E-state index contributed by atoms with van der Waals surface area (Å²) < 4.78 is 0. The Morgan fingerprint density at radius 1 is 1.04 bits per heavy atom. The summed E-state index contributed by atoms with van der Waals surface area (Å²) in [5.41, 5.74) is 5.91. The van der Waals surface area contributed by atoms with E-state index in [1.54, 1.807) is 24.5 Å². The van der Waals surface area contributed by atoms with E-state index in [0.29, 0.717) is 37.0 Å². The van der Waals surface area contributed by atoms with E-state index < -0.39 is 5.91 Å². The van der Waals surface area contributed by atoms with Crippen LogP contribution in [0.4, 0.5) is 17.6 Å². The van der Waals surface area contributed by atoms with Crippen LogP contribution in [0.5, 0.6) is 0 Å². The second-order valence-electron chi connectivity index (χ2n) is 6.82. The lowest BCUT2D eigenvalue weighted by Crippen LogP contribution is -2.48. The van der Waals surface area contributed by atoms with Gasteiger partial charge in [-0.3, -0.25) is 4.79 Å². The van der Waals surface area contributed by atoms with Gasteiger partial charge in [-0.1, -0.05) is 0 Å². The van der Waals surface area contributed by atoms with E-state index in [0.717, 1.165) is 31.9 Å². The lowest BCUT2D eigenvalue weighted by atomic mass is 10.2. The summed E-state index contributed by atoms with van der Waals surface area (Å²) in [4.78, 5) is 31.3. The molecule has 0 aromatic carbocycles. The first kappa shape index (κ1) is 17.5. The number of aliphatic hydroxyl groups excluding tert-OH is 1. The van der Waals surface area contributed by atoms with Crippen molar-refractivity contribution >= 4 is 23.5 Å². The highest BCUT2D eigenvalue weighted by Gasteiger charge is 2.25. The Hall–Kier alpha value is -2.94. The smallest absolute Gasteiger partial charge is 0.252 e. The van der Waals surface area contributed by atoms with Crippen LogP contribution >= 0.6 is 0 Å². The minimum atomic E-state index is -0.468. The molecule has 0 spiro atoms. The molecule has 1 unspecified atom stereocenters. The van der Waals surface area contributed by atoms with Crippen LogP contribution in [-0.2, 0) is 0 Å². The van der Waals surface area contributed by atoms with E-state index in [2.05, 4.69) is 29.7 Å². The van der Waals surface area contributed by atoms with E-state index in [9.17, 15) is 9.90 Å². The quantitative estimate of drug-likeness (QED) is 0.766. The van der Waals surface area contributed by atoms with Gasteiger partial charge in [0.25, 0.3) is 5.91 Å². The van der Waals surface area contributed by atoms with Gasteiger partial charge in [0.05, 0.1) is 11.7 Å². The number of anilines is 3. The fraction of sp³-hybridized carbons (Fsp3) is 0.444. The number of hydrogen-bond donors (Lipinski definition) is 2. The normalized spacial score (nSPS) is 20.2. The van der Waals surface area contributed by atoms with Crippen LogP contribution in [0.25, 0.3) is 0 Å². The molecule has 2 aliphatic heterocycles. The van der Waals surface area contributed by atoms with Gasteiger partial charge in [0.2, 0.25) is 5.95 Å². The predicted molar refractivity (Wildman–Crippen MR) is 102 cm³/mol. The van der Waals surface area contributed by atoms with Crippen LogP contribution in [0, 0.1) is 0 Å². The molecule has 1 atom stereocenters. The Morgan fingerprint density at radius 3 is 2.52 bits per heavy atom. The largest absolute Gasteiger partial charge is 0.391 e. The molecule has 0 saturated carbocycles. The molecule has 4 heterocycles. The first-order valence-corrected chi connectivity index (χ1v) is 9.12. The second kappa shape index (κ2) is 7.36. The summed E-state index contributed by atoms with van der Waals surface area (Å²) in [6, 6.07) is 5.30. The van der Waals surface area contributed by atoms with Crippen molar-refractivity contribution in [2.45, 2.75) is 12.5 Å². The average molecular weight is 369 g/mol. The number of piperazine rings is 1. The molecule has 9 heteroatoms. The Balaban J connectivity index is 1.45. The van der Waals surface area contributed by atoms with Crippen LogP contribution in [0.3, 0.4) is 0 Å². The number of hydrogen-bond acceptors (Lipinski definition) is 8. The van der Waals surface area contributed by atoms with Crippen LogP contribution in [-0.4, -0.2) is 71.3 Å². The number of aliphatic hydroxyl groups is 1. The fourth-order valence-electron chi connectivity index (χ4n) is 3.58. The molecule has 2 aliphatic rings. The highest BCUT2D eigenvalue weighted by Crippen LogP contribution is 2.23. The minimum Gasteiger partial charge on any atom is -0.391 e. The first-order chi connectivity index (χ1) is 13.1. The molecule has 1 amide bonds. The number of nitrogens with zero attached hydrogens (tertiary/aromatic N) is 6. The molecule has 2 aromatic heterocycles. The number of aromatic nitrogens is 3. The fourth-order valence-corrected chi connectivity index (χ4v) is 3.58. The molecule has 2 saturated heterocycles. The van der Waals surface area contributed by atoms with Gasteiger partial charge in [-0.05, 0) is 24.6 Å². The molecule has 9 nitrogen and oxygen atoms in total. The zero-order valence-corrected chi connectivity index (χ0v) is 15.0. The van der Waals surface area contributed by atoms with Gasteiger partial charge in [0.1, 0.15) is 11.6 Å². The highest BCUT2D eigenvalue weighted by atomic mass is 16.3. The maximum atomic E-state index is 11.6. The molecule has 2 aromatic rings. The number of primary amides is 1. The van der Waals surface area contributed by atoms with Crippen molar-refractivity contribution < 1.29 is 9.90 Å². The summed E-state index contributed by atoms with van der Waals surface area (Å²) >= 11 is 0. The Morgan fingerprint density at radius 2 is 1.81 bits per heavy atom. The third kappa shape index (κ3) is 3.63. The van der Waals surface area contributed by atoms with Crippen molar-refractivity contribution in [3.8, 4) is 0 Å². The molecule has 4 rings (SSSR count). The zero-order chi connectivity index (χ0) is 18.8. The molecule has 0 radical (unpaired) electrons. The minimum absolute atomic E-state index is 0.287. The van der Waals surface area contributed by atoms with Crippen LogP contribution in [0.2, 0.25) is 0 Å². The molecule has 142 valence electrons. The van der Waals surface area contributed by atoms with Gasteiger partial charge >= 0.3 is 0 Å². The highest BCUT2D eigenvalue weighted by molar-refractivity contribution is 5.97. The van der Waals surface area contributed by atoms with Gasteiger partial charge in [-0.2, -0.15) is 4.98 Å². The summed E-state index contributed by atoms with van der Waals surface area (Å²) in [5, 5.41) is 9.74. The third-order valence-corrected chi connectivity index (χ3v) is 5.03. The monoisotopic (exact) mass is 369 g/mol. The zero-order valence-electron chi connectivity index (χ0n) is 15.0. The van der Waals surface area contributed by atoms with E-state index >= 15 is 0 Å². The summed E-state index contributed by atoms with van der Waals surface area (Å²) in [5.74, 6) is 1.69. The van der Waals surface area contributed by atoms with Gasteiger partial charge in [0, 0.05) is 51.7 Å². The van der Waals surface area contributed by atoms with Gasteiger partial charge in [-0.15, -0.1) is 0 Å². The number of carbonyl (C=O) groups is 1. The number of pyridine rings is 1. The van der Waals surface area contributed by atoms with Gasteiger partial charge in [-0.25, -0.2) is 9.97 Å². The summed E-state index contributed by atoms with van der Waals surface area (Å²) in [6.07, 6.45) is 3.92. The maximum absolute atomic E-state index is 11.6.